The summed E-state index contributed by atoms with van der Waals surface area (Å²) in [5, 5.41) is 9.12. The van der Waals surface area contributed by atoms with Crippen LogP contribution in [0.4, 0.5) is 19.5 Å². The molecule has 278 valence electrons. The largest absolute Gasteiger partial charge is 0.497 e. The Bertz CT molecular complexity index is 2060. The van der Waals surface area contributed by atoms with Crippen LogP contribution in [0.25, 0.3) is 33.4 Å². The minimum Gasteiger partial charge on any atom is -0.497 e. The quantitative estimate of drug-likeness (QED) is 0.160. The van der Waals surface area contributed by atoms with Gasteiger partial charge in [-0.15, -0.1) is 0 Å². The smallest absolute Gasteiger partial charge is 0.410 e. The van der Waals surface area contributed by atoms with Crippen LogP contribution in [0.2, 0.25) is 0 Å². The third kappa shape index (κ3) is 8.35. The molecule has 11 nitrogen and oxygen atoms in total. The van der Waals surface area contributed by atoms with Crippen molar-refractivity contribution in [2.24, 2.45) is 0 Å². The number of methoxy groups -OCH3 is 1. The van der Waals surface area contributed by atoms with Crippen LogP contribution in [0.15, 0.2) is 66.7 Å². The fourth-order valence-electron chi connectivity index (χ4n) is 6.73. The maximum absolute atomic E-state index is 15.0. The number of rotatable bonds is 9. The highest BCUT2D eigenvalue weighted by Gasteiger charge is 2.29. The summed E-state index contributed by atoms with van der Waals surface area (Å²) in [5.74, 6) is -0.0112. The maximum Gasteiger partial charge on any atom is 0.410 e. The number of anilines is 1. The van der Waals surface area contributed by atoms with Crippen LogP contribution in [0.1, 0.15) is 64.7 Å². The van der Waals surface area contributed by atoms with E-state index in [9.17, 15) is 4.79 Å². The summed E-state index contributed by atoms with van der Waals surface area (Å²) < 4.78 is 55.3. The molecule has 1 amide bonds. The van der Waals surface area contributed by atoms with Crippen molar-refractivity contribution < 1.29 is 32.5 Å². The van der Waals surface area contributed by atoms with E-state index in [0.29, 0.717) is 47.9 Å². The molecule has 5 aromatic rings. The first-order chi connectivity index (χ1) is 25.5. The number of likely N-dealkylation sites (tertiary alicyclic amines) is 1. The zero-order chi connectivity index (χ0) is 37.1. The van der Waals surface area contributed by atoms with E-state index in [4.69, 9.17) is 34.0 Å². The monoisotopic (exact) mass is 726 g/mol. The highest BCUT2D eigenvalue weighted by atomic mass is 19.1. The topological polar surface area (TPSA) is 113 Å². The lowest BCUT2D eigenvalue weighted by atomic mass is 10.0. The molecular formula is C40H44F2N6O5. The van der Waals surface area contributed by atoms with E-state index in [1.54, 1.807) is 30.2 Å². The Morgan fingerprint density at radius 1 is 0.981 bits per heavy atom. The normalized spacial score (nSPS) is 17.8. The number of hydrogen-bond acceptors (Lipinski definition) is 9. The zero-order valence-corrected chi connectivity index (χ0v) is 30.4. The number of ether oxygens (including phenoxy) is 4. The number of carbonyl (C=O) groups excluding carboxylic acids is 1. The van der Waals surface area contributed by atoms with E-state index in [0.717, 1.165) is 48.9 Å². The Hall–Kier alpha value is -5.30. The third-order valence-electron chi connectivity index (χ3n) is 9.28. The van der Waals surface area contributed by atoms with Crippen LogP contribution in [-0.2, 0) is 16.1 Å². The number of amides is 1. The van der Waals surface area contributed by atoms with E-state index in [-0.39, 0.29) is 36.5 Å². The number of nitrogens with zero attached hydrogens (tertiary/aromatic N) is 5. The lowest BCUT2D eigenvalue weighted by molar-refractivity contribution is -0.0365. The summed E-state index contributed by atoms with van der Waals surface area (Å²) >= 11 is 0. The minimum atomic E-state index is -0.662. The molecule has 13 heteroatoms. The SMILES string of the molecule is COc1ccc(COc2cc(-c3nn(C4CCCCO4)c4ccc(-c5c(F)cccc5F)cc34)nc(NC3CCCN(C(=O)OC(C)(C)C)C3)n2)cc1. The summed E-state index contributed by atoms with van der Waals surface area (Å²) in [6.45, 7) is 7.35. The number of nitrogens with one attached hydrogen (secondary N) is 1. The minimum absolute atomic E-state index is 0.123. The van der Waals surface area contributed by atoms with Gasteiger partial charge in [0.05, 0.1) is 18.2 Å². The van der Waals surface area contributed by atoms with Gasteiger partial charge in [-0.05, 0) is 100 Å². The van der Waals surface area contributed by atoms with Crippen molar-refractivity contribution in [1.82, 2.24) is 24.6 Å². The first kappa shape index (κ1) is 36.1. The van der Waals surface area contributed by atoms with Crippen LogP contribution in [0, 0.1) is 11.6 Å². The van der Waals surface area contributed by atoms with Crippen molar-refractivity contribution in [3.05, 3.63) is 83.9 Å². The number of aromatic nitrogens is 4. The van der Waals surface area contributed by atoms with Crippen molar-refractivity contribution in [3.8, 4) is 34.1 Å². The molecular weight excluding hydrogens is 682 g/mol. The second kappa shape index (κ2) is 15.4. The predicted molar refractivity (Wildman–Crippen MR) is 197 cm³/mol. The van der Waals surface area contributed by atoms with Crippen LogP contribution in [0.5, 0.6) is 11.6 Å². The Morgan fingerprint density at radius 3 is 2.49 bits per heavy atom. The van der Waals surface area contributed by atoms with Gasteiger partial charge in [-0.1, -0.05) is 24.3 Å². The number of carbonyl (C=O) groups is 1. The van der Waals surface area contributed by atoms with Gasteiger partial charge in [0.1, 0.15) is 41.0 Å². The molecule has 0 radical (unpaired) electrons. The second-order valence-corrected chi connectivity index (χ2v) is 14.4. The van der Waals surface area contributed by atoms with Gasteiger partial charge in [0.25, 0.3) is 0 Å². The molecule has 4 heterocycles. The summed E-state index contributed by atoms with van der Waals surface area (Å²) in [4.78, 5) is 24.3. The van der Waals surface area contributed by atoms with Crippen LogP contribution < -0.4 is 14.8 Å². The molecule has 0 saturated carbocycles. The zero-order valence-electron chi connectivity index (χ0n) is 30.4. The third-order valence-corrected chi connectivity index (χ3v) is 9.28. The maximum atomic E-state index is 15.0. The number of piperidine rings is 1. The highest BCUT2D eigenvalue weighted by molar-refractivity contribution is 5.95. The van der Waals surface area contributed by atoms with Crippen molar-refractivity contribution >= 4 is 22.9 Å². The van der Waals surface area contributed by atoms with Crippen molar-refractivity contribution in [2.45, 2.75) is 77.4 Å². The molecule has 2 atom stereocenters. The van der Waals surface area contributed by atoms with Crippen molar-refractivity contribution in [1.29, 1.82) is 0 Å². The summed E-state index contributed by atoms with van der Waals surface area (Å²) in [6, 6.07) is 18.2. The van der Waals surface area contributed by atoms with E-state index in [2.05, 4.69) is 5.32 Å². The van der Waals surface area contributed by atoms with Gasteiger partial charge >= 0.3 is 6.09 Å². The molecule has 0 spiro atoms. The molecule has 2 fully saturated rings. The number of halogens is 2. The number of fused-ring (bicyclic) bond motifs is 1. The van der Waals surface area contributed by atoms with Crippen LogP contribution >= 0.6 is 0 Å². The molecule has 2 saturated heterocycles. The van der Waals surface area contributed by atoms with E-state index in [1.807, 2.05) is 55.8 Å². The molecule has 0 aliphatic carbocycles. The van der Waals surface area contributed by atoms with Gasteiger partial charge in [-0.25, -0.2) is 23.2 Å². The standard InChI is InChI=1S/C40H44F2N6O5/c1-40(2,3)53-39(49)47-19-8-9-27(23-47)43-38-44-32(22-34(45-38)52-24-25-13-16-28(50-4)17-14-25)37-29-21-26(36-30(41)10-7-11-31(36)42)15-18-33(29)48(46-37)35-12-5-6-20-51-35/h7,10-11,13-18,21-22,27,35H,5-6,8-9,12,19-20,23-24H2,1-4H3,(H,43,44,45). The first-order valence-corrected chi connectivity index (χ1v) is 18.0. The van der Waals surface area contributed by atoms with Gasteiger partial charge in [0, 0.05) is 37.2 Å². The highest BCUT2D eigenvalue weighted by Crippen LogP contribution is 2.37. The molecule has 0 bridgehead atoms. The number of hydrogen-bond donors (Lipinski definition) is 1. The van der Waals surface area contributed by atoms with E-state index in [1.165, 1.54) is 18.2 Å². The molecule has 2 aromatic heterocycles. The van der Waals surface area contributed by atoms with Gasteiger partial charge in [0.15, 0.2) is 6.23 Å². The Kier molecular flexibility index (Phi) is 10.5. The van der Waals surface area contributed by atoms with Gasteiger partial charge in [-0.3, -0.25) is 0 Å². The summed E-state index contributed by atoms with van der Waals surface area (Å²) in [5.41, 5.74) is 2.19. The van der Waals surface area contributed by atoms with Crippen LogP contribution in [-0.4, -0.2) is 69.2 Å². The Morgan fingerprint density at radius 2 is 1.77 bits per heavy atom. The summed E-state index contributed by atoms with van der Waals surface area (Å²) in [7, 11) is 1.61. The predicted octanol–water partition coefficient (Wildman–Crippen LogP) is 8.54. The van der Waals surface area contributed by atoms with Gasteiger partial charge in [0.2, 0.25) is 11.8 Å². The average Bonchev–Trinajstić information content (AvgIpc) is 3.53. The van der Waals surface area contributed by atoms with Crippen LogP contribution in [0.3, 0.4) is 0 Å². The Labute approximate surface area is 307 Å². The molecule has 7 rings (SSSR count). The first-order valence-electron chi connectivity index (χ1n) is 18.0. The fraction of sp³-hybridized carbons (Fsp3) is 0.400. The number of benzene rings is 3. The average molecular weight is 727 g/mol. The molecule has 2 unspecified atom stereocenters. The molecule has 53 heavy (non-hydrogen) atoms. The molecule has 2 aliphatic rings. The molecule has 3 aromatic carbocycles. The van der Waals surface area contributed by atoms with Gasteiger partial charge in [-0.2, -0.15) is 10.1 Å². The van der Waals surface area contributed by atoms with E-state index >= 15 is 8.78 Å². The van der Waals surface area contributed by atoms with Crippen molar-refractivity contribution in [3.63, 3.8) is 0 Å². The van der Waals surface area contributed by atoms with E-state index < -0.39 is 17.2 Å². The lowest BCUT2D eigenvalue weighted by Gasteiger charge is -2.34. The Balaban J connectivity index is 1.29. The molecule has 2 aliphatic heterocycles. The lowest BCUT2D eigenvalue weighted by Crippen LogP contribution is -2.47. The fourth-order valence-corrected chi connectivity index (χ4v) is 6.73. The van der Waals surface area contributed by atoms with Gasteiger partial charge < -0.3 is 29.2 Å². The van der Waals surface area contributed by atoms with Crippen molar-refractivity contribution in [2.75, 3.05) is 32.1 Å². The second-order valence-electron chi connectivity index (χ2n) is 14.4. The molecule has 1 N–H and O–H groups in total. The summed E-state index contributed by atoms with van der Waals surface area (Å²) in [6.07, 6.45) is 3.57.